The Morgan fingerprint density at radius 3 is 2.34 bits per heavy atom. The van der Waals surface area contributed by atoms with Crippen molar-refractivity contribution in [3.05, 3.63) is 64.7 Å². The number of ether oxygens (including phenoxy) is 3. The first-order valence-corrected chi connectivity index (χ1v) is 11.4. The molecule has 4 amide bonds. The zero-order chi connectivity index (χ0) is 24.8. The van der Waals surface area contributed by atoms with Crippen molar-refractivity contribution in [3.8, 4) is 5.75 Å². The number of nitrogens with two attached hydrogens (primary N) is 1. The number of rotatable bonds is 11. The molecule has 1 atom stereocenters. The maximum Gasteiger partial charge on any atom is 0.266 e. The van der Waals surface area contributed by atoms with Gasteiger partial charge in [-0.3, -0.25) is 29.4 Å². The van der Waals surface area contributed by atoms with E-state index in [1.165, 1.54) is 6.07 Å². The molecule has 2 aliphatic rings. The predicted molar refractivity (Wildman–Crippen MR) is 123 cm³/mol. The van der Waals surface area contributed by atoms with E-state index in [1.807, 2.05) is 24.3 Å². The molecular formula is C25H27N3O7. The number of carbonyl (C=O) groups excluding carboxylic acids is 4. The Morgan fingerprint density at radius 2 is 1.63 bits per heavy atom. The smallest absolute Gasteiger partial charge is 0.266 e. The molecular weight excluding hydrogens is 454 g/mol. The molecule has 0 bridgehead atoms. The molecule has 0 saturated carbocycles. The molecule has 1 fully saturated rings. The zero-order valence-corrected chi connectivity index (χ0v) is 19.2. The summed E-state index contributed by atoms with van der Waals surface area (Å²) in [6.07, 6.45) is 0.161. The third-order valence-electron chi connectivity index (χ3n) is 5.71. The Kier molecular flexibility index (Phi) is 7.86. The molecule has 4 rings (SSSR count). The molecule has 0 spiro atoms. The maximum atomic E-state index is 13.1. The van der Waals surface area contributed by atoms with Crippen molar-refractivity contribution in [2.45, 2.75) is 32.1 Å². The van der Waals surface area contributed by atoms with Crippen molar-refractivity contribution in [3.63, 3.8) is 0 Å². The summed E-state index contributed by atoms with van der Waals surface area (Å²) in [4.78, 5) is 50.5. The Labute approximate surface area is 202 Å². The lowest BCUT2D eigenvalue weighted by atomic mass is 10.0. The fourth-order valence-corrected chi connectivity index (χ4v) is 4.09. The largest absolute Gasteiger partial charge is 0.490 e. The molecule has 0 aromatic heterocycles. The fourth-order valence-electron chi connectivity index (χ4n) is 4.09. The van der Waals surface area contributed by atoms with Crippen LogP contribution in [0.5, 0.6) is 5.75 Å². The Balaban J connectivity index is 1.32. The van der Waals surface area contributed by atoms with Gasteiger partial charge in [0.2, 0.25) is 11.8 Å². The molecule has 184 valence electrons. The molecule has 35 heavy (non-hydrogen) atoms. The van der Waals surface area contributed by atoms with E-state index in [-0.39, 0.29) is 42.9 Å². The normalized spacial score (nSPS) is 17.5. The van der Waals surface area contributed by atoms with Crippen molar-refractivity contribution in [1.29, 1.82) is 0 Å². The molecule has 2 aromatic carbocycles. The minimum Gasteiger partial charge on any atom is -0.490 e. The van der Waals surface area contributed by atoms with E-state index in [4.69, 9.17) is 19.9 Å². The van der Waals surface area contributed by atoms with Crippen LogP contribution in [0.4, 0.5) is 0 Å². The van der Waals surface area contributed by atoms with E-state index in [9.17, 15) is 19.2 Å². The van der Waals surface area contributed by atoms with E-state index in [0.29, 0.717) is 26.4 Å². The number of fused-ring (bicyclic) bond motifs is 1. The summed E-state index contributed by atoms with van der Waals surface area (Å²) in [6.45, 7) is 2.26. The molecule has 0 radical (unpaired) electrons. The number of carbonyl (C=O) groups is 4. The van der Waals surface area contributed by atoms with Crippen molar-refractivity contribution in [2.24, 2.45) is 5.73 Å². The van der Waals surface area contributed by atoms with Crippen LogP contribution in [0, 0.1) is 0 Å². The molecule has 0 aliphatic carbocycles. The number of piperidine rings is 1. The number of nitrogens with zero attached hydrogens (tertiary/aromatic N) is 1. The highest BCUT2D eigenvalue weighted by Gasteiger charge is 2.45. The number of hydrogen-bond donors (Lipinski definition) is 2. The molecule has 10 heteroatoms. The standard InChI is InChI=1S/C25H27N3O7/c26-9-10-33-14-16-3-1-4-17(13-16)15-34-11-12-35-20-6-2-5-18-22(20)25(32)28(24(18)31)19-7-8-21(29)27-23(19)30/h1-6,13,19H,7-12,14-15,26H2,(H,27,29,30). The predicted octanol–water partition coefficient (Wildman–Crippen LogP) is 1.16. The Hall–Kier alpha value is -3.60. The summed E-state index contributed by atoms with van der Waals surface area (Å²) in [5, 5.41) is 2.18. The van der Waals surface area contributed by atoms with Crippen LogP contribution in [0.1, 0.15) is 44.7 Å². The highest BCUT2D eigenvalue weighted by atomic mass is 16.5. The molecule has 3 N–H and O–H groups in total. The summed E-state index contributed by atoms with van der Waals surface area (Å²) >= 11 is 0. The van der Waals surface area contributed by atoms with Crippen LogP contribution in [-0.4, -0.2) is 60.9 Å². The van der Waals surface area contributed by atoms with Gasteiger partial charge in [0.1, 0.15) is 18.4 Å². The molecule has 2 aromatic rings. The minimum atomic E-state index is -1.02. The van der Waals surface area contributed by atoms with Crippen molar-refractivity contribution in [1.82, 2.24) is 10.2 Å². The number of hydrogen-bond acceptors (Lipinski definition) is 8. The van der Waals surface area contributed by atoms with E-state index >= 15 is 0 Å². The average molecular weight is 482 g/mol. The van der Waals surface area contributed by atoms with Gasteiger partial charge in [0, 0.05) is 13.0 Å². The summed E-state index contributed by atoms with van der Waals surface area (Å²) in [5.74, 6) is -2.00. The highest BCUT2D eigenvalue weighted by molar-refractivity contribution is 6.24. The lowest BCUT2D eigenvalue weighted by Gasteiger charge is -2.27. The molecule has 10 nitrogen and oxygen atoms in total. The summed E-state index contributed by atoms with van der Waals surface area (Å²) in [7, 11) is 0. The first kappa shape index (κ1) is 24.5. The maximum absolute atomic E-state index is 13.1. The Bertz CT molecular complexity index is 1130. The van der Waals surface area contributed by atoms with Crippen molar-refractivity contribution in [2.75, 3.05) is 26.4 Å². The Morgan fingerprint density at radius 1 is 0.914 bits per heavy atom. The van der Waals surface area contributed by atoms with E-state index < -0.39 is 29.7 Å². The van der Waals surface area contributed by atoms with Gasteiger partial charge in [0.15, 0.2) is 0 Å². The summed E-state index contributed by atoms with van der Waals surface area (Å²) in [5.41, 5.74) is 7.74. The third kappa shape index (κ3) is 5.56. The van der Waals surface area contributed by atoms with Crippen LogP contribution in [0.15, 0.2) is 42.5 Å². The SMILES string of the molecule is NCCOCc1cccc(COCCOc2cccc3c2C(=O)N(C2CCC(=O)NC2=O)C3=O)c1. The minimum absolute atomic E-state index is 0.0636. The number of nitrogens with one attached hydrogen (secondary N) is 1. The lowest BCUT2D eigenvalue weighted by molar-refractivity contribution is -0.136. The number of amides is 4. The zero-order valence-electron chi connectivity index (χ0n) is 19.2. The van der Waals surface area contributed by atoms with Gasteiger partial charge < -0.3 is 19.9 Å². The van der Waals surface area contributed by atoms with Crippen LogP contribution in [0.2, 0.25) is 0 Å². The first-order chi connectivity index (χ1) is 17.0. The quantitative estimate of drug-likeness (QED) is 0.360. The van der Waals surface area contributed by atoms with Gasteiger partial charge in [-0.1, -0.05) is 30.3 Å². The van der Waals surface area contributed by atoms with Gasteiger partial charge in [-0.25, -0.2) is 0 Å². The average Bonchev–Trinajstić information content (AvgIpc) is 3.10. The lowest BCUT2D eigenvalue weighted by Crippen LogP contribution is -2.54. The molecule has 2 heterocycles. The molecule has 1 unspecified atom stereocenters. The van der Waals surface area contributed by atoms with Gasteiger partial charge in [0.05, 0.1) is 37.6 Å². The summed E-state index contributed by atoms with van der Waals surface area (Å²) in [6, 6.07) is 11.6. The van der Waals surface area contributed by atoms with E-state index in [1.54, 1.807) is 12.1 Å². The highest BCUT2D eigenvalue weighted by Crippen LogP contribution is 2.33. The molecule has 2 aliphatic heterocycles. The van der Waals surface area contributed by atoms with Gasteiger partial charge in [-0.05, 0) is 29.7 Å². The van der Waals surface area contributed by atoms with Gasteiger partial charge in [-0.2, -0.15) is 0 Å². The summed E-state index contributed by atoms with van der Waals surface area (Å²) < 4.78 is 16.9. The fraction of sp³-hybridized carbons (Fsp3) is 0.360. The number of imide groups is 2. The van der Waals surface area contributed by atoms with Crippen LogP contribution in [-0.2, 0) is 32.3 Å². The second-order valence-corrected chi connectivity index (χ2v) is 8.19. The van der Waals surface area contributed by atoms with Crippen LogP contribution in [0.3, 0.4) is 0 Å². The van der Waals surface area contributed by atoms with Gasteiger partial charge >= 0.3 is 0 Å². The van der Waals surface area contributed by atoms with Crippen molar-refractivity contribution >= 4 is 23.6 Å². The topological polar surface area (TPSA) is 137 Å². The number of benzene rings is 2. The van der Waals surface area contributed by atoms with Gasteiger partial charge in [-0.15, -0.1) is 0 Å². The monoisotopic (exact) mass is 481 g/mol. The van der Waals surface area contributed by atoms with Crippen LogP contribution in [0.25, 0.3) is 0 Å². The van der Waals surface area contributed by atoms with E-state index in [0.717, 1.165) is 16.0 Å². The second-order valence-electron chi connectivity index (χ2n) is 8.19. The third-order valence-corrected chi connectivity index (χ3v) is 5.71. The van der Waals surface area contributed by atoms with Crippen LogP contribution >= 0.6 is 0 Å². The van der Waals surface area contributed by atoms with Gasteiger partial charge in [0.25, 0.3) is 11.8 Å². The van der Waals surface area contributed by atoms with E-state index in [2.05, 4.69) is 5.32 Å². The van der Waals surface area contributed by atoms with Crippen LogP contribution < -0.4 is 15.8 Å². The molecule has 1 saturated heterocycles. The first-order valence-electron chi connectivity index (χ1n) is 11.4. The van der Waals surface area contributed by atoms with Crippen molar-refractivity contribution < 1.29 is 33.4 Å². The second kappa shape index (κ2) is 11.2.